The molecule has 0 fully saturated rings. The molecule has 3 heterocycles. The topological polar surface area (TPSA) is 73.6 Å². The van der Waals surface area contributed by atoms with Crippen molar-refractivity contribution in [1.82, 2.24) is 25.0 Å². The van der Waals surface area contributed by atoms with Crippen LogP contribution < -0.4 is 0 Å². The summed E-state index contributed by atoms with van der Waals surface area (Å²) in [5.41, 5.74) is -2.21. The maximum absolute atomic E-state index is 13.5. The zero-order chi connectivity index (χ0) is 29.4. The molecule has 0 radical (unpaired) electrons. The molecule has 0 saturated carbocycles. The summed E-state index contributed by atoms with van der Waals surface area (Å²) in [5, 5.41) is 8.39. The van der Waals surface area contributed by atoms with Gasteiger partial charge in [0.15, 0.2) is 5.78 Å². The van der Waals surface area contributed by atoms with Gasteiger partial charge in [0.1, 0.15) is 17.1 Å². The van der Waals surface area contributed by atoms with Gasteiger partial charge in [-0.3, -0.25) is 14.8 Å². The Morgan fingerprint density at radius 3 is 2.10 bits per heavy atom. The van der Waals surface area contributed by atoms with E-state index >= 15 is 0 Å². The third-order valence-corrected chi connectivity index (χ3v) is 6.37. The number of hydrogen-bond acceptors (Lipinski definition) is 5. The molecule has 0 aliphatic rings. The van der Waals surface area contributed by atoms with E-state index in [0.717, 1.165) is 4.68 Å². The highest BCUT2D eigenvalue weighted by atomic mass is 35.5. The molecule has 6 nitrogen and oxygen atoms in total. The lowest BCUT2D eigenvalue weighted by Crippen LogP contribution is -2.13. The Morgan fingerprint density at radius 1 is 0.805 bits per heavy atom. The molecule has 0 aliphatic carbocycles. The summed E-state index contributed by atoms with van der Waals surface area (Å²) in [6, 6.07) is 13.9. The van der Waals surface area contributed by atoms with E-state index in [9.17, 15) is 31.1 Å². The second kappa shape index (κ2) is 10.8. The number of nitrogens with zero attached hydrogens (tertiary/aromatic N) is 5. The Kier molecular flexibility index (Phi) is 7.35. The molecule has 0 bridgehead atoms. The van der Waals surface area contributed by atoms with Gasteiger partial charge in [-0.05, 0) is 60.2 Å². The lowest BCUT2D eigenvalue weighted by atomic mass is 9.98. The minimum atomic E-state index is -5.02. The molecule has 0 atom stereocenters. The van der Waals surface area contributed by atoms with Gasteiger partial charge in [0, 0.05) is 29.7 Å². The average Bonchev–Trinajstić information content (AvgIpc) is 3.35. The normalized spacial score (nSPS) is 12.0. The van der Waals surface area contributed by atoms with Gasteiger partial charge in [-0.15, -0.1) is 5.10 Å². The fourth-order valence-electron chi connectivity index (χ4n) is 4.22. The molecule has 0 aliphatic heterocycles. The first-order chi connectivity index (χ1) is 19.4. The lowest BCUT2D eigenvalue weighted by Gasteiger charge is -2.15. The van der Waals surface area contributed by atoms with E-state index in [1.165, 1.54) is 36.8 Å². The number of pyridine rings is 2. The van der Waals surface area contributed by atoms with E-state index in [1.54, 1.807) is 30.3 Å². The summed E-state index contributed by atoms with van der Waals surface area (Å²) < 4.78 is 82.0. The van der Waals surface area contributed by atoms with E-state index in [1.807, 2.05) is 0 Å². The minimum Gasteiger partial charge on any atom is -0.288 e. The second-order valence-electron chi connectivity index (χ2n) is 8.81. The van der Waals surface area contributed by atoms with Gasteiger partial charge in [0.25, 0.3) is 0 Å². The molecule has 0 unspecified atom stereocenters. The molecule has 5 aromatic rings. The third kappa shape index (κ3) is 5.82. The molecule has 5 rings (SSSR count). The first-order valence-electron chi connectivity index (χ1n) is 11.8. The van der Waals surface area contributed by atoms with E-state index in [4.69, 9.17) is 11.6 Å². The smallest absolute Gasteiger partial charge is 0.288 e. The molecule has 0 spiro atoms. The van der Waals surface area contributed by atoms with Crippen LogP contribution in [0.5, 0.6) is 0 Å². The lowest BCUT2D eigenvalue weighted by molar-refractivity contribution is -0.143. The summed E-state index contributed by atoms with van der Waals surface area (Å²) in [4.78, 5) is 21.9. The van der Waals surface area contributed by atoms with Crippen LogP contribution >= 0.6 is 11.6 Å². The number of alkyl halides is 6. The Morgan fingerprint density at radius 2 is 1.46 bits per heavy atom. The fourth-order valence-corrected chi connectivity index (χ4v) is 4.44. The van der Waals surface area contributed by atoms with E-state index in [0.29, 0.717) is 17.7 Å². The minimum absolute atomic E-state index is 0.0544. The van der Waals surface area contributed by atoms with Crippen molar-refractivity contribution in [3.8, 4) is 22.6 Å². The van der Waals surface area contributed by atoms with Gasteiger partial charge in [-0.2, -0.15) is 26.3 Å². The summed E-state index contributed by atoms with van der Waals surface area (Å²) in [7, 11) is 0. The molecule has 3 aromatic heterocycles. The molecule has 208 valence electrons. The highest BCUT2D eigenvalue weighted by Crippen LogP contribution is 2.37. The third-order valence-electron chi connectivity index (χ3n) is 6.04. The molecular weight excluding hydrogens is 572 g/mol. The van der Waals surface area contributed by atoms with Crippen molar-refractivity contribution in [2.75, 3.05) is 0 Å². The quantitative estimate of drug-likeness (QED) is 0.153. The summed E-state index contributed by atoms with van der Waals surface area (Å²) in [6.07, 6.45) is -5.72. The van der Waals surface area contributed by atoms with Crippen molar-refractivity contribution in [2.24, 2.45) is 0 Å². The molecule has 0 N–H and O–H groups in total. The Labute approximate surface area is 233 Å². The fraction of sp³-hybridized carbons (Fsp3) is 0.107. The van der Waals surface area contributed by atoms with E-state index in [2.05, 4.69) is 20.3 Å². The van der Waals surface area contributed by atoms with Crippen LogP contribution in [0.15, 0.2) is 85.3 Å². The SMILES string of the molecule is O=C(c1ccccc1Cl)c1cccnc1-c1nnn(Cc2cc(C(F)(F)F)cc(C(F)(F)F)c2)c1-c1cccnc1. The molecule has 0 saturated heterocycles. The van der Waals surface area contributed by atoms with Crippen LogP contribution in [-0.4, -0.2) is 30.7 Å². The number of halogens is 7. The van der Waals surface area contributed by atoms with Crippen LogP contribution in [0.1, 0.15) is 32.6 Å². The van der Waals surface area contributed by atoms with Crippen LogP contribution in [0, 0.1) is 0 Å². The highest BCUT2D eigenvalue weighted by Gasteiger charge is 2.37. The largest absolute Gasteiger partial charge is 0.416 e. The molecular formula is C28H16ClF6N5O. The van der Waals surface area contributed by atoms with Gasteiger partial charge in [0.2, 0.25) is 0 Å². The summed E-state index contributed by atoms with van der Waals surface area (Å²) >= 11 is 6.24. The van der Waals surface area contributed by atoms with Crippen LogP contribution in [-0.2, 0) is 18.9 Å². The van der Waals surface area contributed by atoms with Crippen LogP contribution in [0.2, 0.25) is 5.02 Å². The molecule has 0 amide bonds. The molecule has 2 aromatic carbocycles. The monoisotopic (exact) mass is 587 g/mol. The zero-order valence-electron chi connectivity index (χ0n) is 20.6. The van der Waals surface area contributed by atoms with Crippen molar-refractivity contribution in [3.05, 3.63) is 118 Å². The van der Waals surface area contributed by atoms with Gasteiger partial charge in [0.05, 0.1) is 28.3 Å². The standard InChI is InChI=1S/C28H16ClF6N5O/c29-22-8-2-1-6-20(22)26(41)21-7-4-10-37-23(21)24-25(17-5-3-9-36-14-17)40(39-38-24)15-16-11-18(27(30,31)32)13-19(12-16)28(33,34)35/h1-14H,15H2. The number of carbonyl (C=O) groups is 1. The predicted molar refractivity (Wildman–Crippen MR) is 137 cm³/mol. The maximum atomic E-state index is 13.5. The van der Waals surface area contributed by atoms with Crippen molar-refractivity contribution >= 4 is 17.4 Å². The van der Waals surface area contributed by atoms with Crippen LogP contribution in [0.25, 0.3) is 22.6 Å². The van der Waals surface area contributed by atoms with E-state index < -0.39 is 35.8 Å². The molecule has 41 heavy (non-hydrogen) atoms. The van der Waals surface area contributed by atoms with Gasteiger partial charge < -0.3 is 0 Å². The van der Waals surface area contributed by atoms with Crippen molar-refractivity contribution < 1.29 is 31.1 Å². The summed E-state index contributed by atoms with van der Waals surface area (Å²) in [5.74, 6) is -0.474. The molecule has 13 heteroatoms. The average molecular weight is 588 g/mol. The predicted octanol–water partition coefficient (Wildman–Crippen LogP) is 7.37. The number of carbonyl (C=O) groups excluding carboxylic acids is 1. The Balaban J connectivity index is 1.67. The van der Waals surface area contributed by atoms with Gasteiger partial charge >= 0.3 is 12.4 Å². The number of benzene rings is 2. The highest BCUT2D eigenvalue weighted by molar-refractivity contribution is 6.35. The first-order valence-corrected chi connectivity index (χ1v) is 12.2. The number of rotatable bonds is 6. The Hall–Kier alpha value is -4.58. The van der Waals surface area contributed by atoms with Gasteiger partial charge in [-0.1, -0.05) is 28.9 Å². The number of hydrogen-bond donors (Lipinski definition) is 0. The van der Waals surface area contributed by atoms with Gasteiger partial charge in [-0.25, -0.2) is 4.68 Å². The zero-order valence-corrected chi connectivity index (χ0v) is 21.3. The van der Waals surface area contributed by atoms with Crippen LogP contribution in [0.3, 0.4) is 0 Å². The van der Waals surface area contributed by atoms with Crippen molar-refractivity contribution in [3.63, 3.8) is 0 Å². The van der Waals surface area contributed by atoms with Crippen molar-refractivity contribution in [2.45, 2.75) is 18.9 Å². The summed E-state index contributed by atoms with van der Waals surface area (Å²) in [6.45, 7) is -0.509. The first kappa shape index (κ1) is 28.0. The van der Waals surface area contributed by atoms with E-state index in [-0.39, 0.29) is 44.9 Å². The maximum Gasteiger partial charge on any atom is 0.416 e. The number of aromatic nitrogens is 5. The Bertz CT molecular complexity index is 1700. The van der Waals surface area contributed by atoms with Crippen molar-refractivity contribution in [1.29, 1.82) is 0 Å². The second-order valence-corrected chi connectivity index (χ2v) is 9.22. The number of ketones is 1. The van der Waals surface area contributed by atoms with Crippen LogP contribution in [0.4, 0.5) is 26.3 Å².